The van der Waals surface area contributed by atoms with E-state index >= 15 is 0 Å². The highest BCUT2D eigenvalue weighted by molar-refractivity contribution is 5.77. The first-order valence-corrected chi connectivity index (χ1v) is 9.19. The van der Waals surface area contributed by atoms with Crippen LogP contribution < -0.4 is 14.2 Å². The van der Waals surface area contributed by atoms with E-state index < -0.39 is 11.6 Å². The molecule has 0 saturated carbocycles. The molecule has 0 aliphatic carbocycles. The molecule has 0 spiro atoms. The third kappa shape index (κ3) is 4.87. The number of carbonyl (C=O) groups is 1. The zero-order valence-electron chi connectivity index (χ0n) is 16.5. The van der Waals surface area contributed by atoms with Crippen LogP contribution in [-0.2, 0) is 11.4 Å². The van der Waals surface area contributed by atoms with Crippen LogP contribution in [0.15, 0.2) is 59.1 Å². The van der Waals surface area contributed by atoms with Crippen LogP contribution in [0.5, 0.6) is 17.2 Å². The van der Waals surface area contributed by atoms with Crippen molar-refractivity contribution in [1.82, 2.24) is 5.16 Å². The Morgan fingerprint density at radius 1 is 1.07 bits per heavy atom. The number of methoxy groups -OCH3 is 1. The lowest BCUT2D eigenvalue weighted by molar-refractivity contribution is -0.154. The average Bonchev–Trinajstić information content (AvgIpc) is 3.22. The number of nitrogens with zero attached hydrogens (tertiary/aromatic N) is 1. The number of carboxylic acids is 1. The molecular formula is C22H23NO6. The smallest absolute Gasteiger partial charge is 0.347 e. The van der Waals surface area contributed by atoms with E-state index in [1.807, 2.05) is 30.3 Å². The highest BCUT2D eigenvalue weighted by Crippen LogP contribution is 2.26. The SMILES string of the molecule is CCC(C)(Oc1ccc(OCc2cc(-c3ccc(OC)cc3)no2)cc1)C(=O)O. The average molecular weight is 397 g/mol. The summed E-state index contributed by atoms with van der Waals surface area (Å²) in [5.41, 5.74) is 0.363. The number of hydrogen-bond acceptors (Lipinski definition) is 6. The number of hydrogen-bond donors (Lipinski definition) is 1. The number of ether oxygens (including phenoxy) is 3. The van der Waals surface area contributed by atoms with E-state index in [2.05, 4.69) is 5.16 Å². The van der Waals surface area contributed by atoms with Crippen molar-refractivity contribution in [3.05, 3.63) is 60.4 Å². The molecule has 1 aromatic heterocycles. The minimum atomic E-state index is -1.26. The molecule has 0 fully saturated rings. The summed E-state index contributed by atoms with van der Waals surface area (Å²) >= 11 is 0. The predicted octanol–water partition coefficient (Wildman–Crippen LogP) is 4.56. The lowest BCUT2D eigenvalue weighted by Gasteiger charge is -2.24. The van der Waals surface area contributed by atoms with Gasteiger partial charge in [-0.3, -0.25) is 0 Å². The summed E-state index contributed by atoms with van der Waals surface area (Å²) in [6.45, 7) is 3.53. The molecule has 0 aliphatic rings. The van der Waals surface area contributed by atoms with Gasteiger partial charge in [0.1, 0.15) is 29.5 Å². The maximum Gasteiger partial charge on any atom is 0.347 e. The second-order valence-corrected chi connectivity index (χ2v) is 6.66. The van der Waals surface area contributed by atoms with Crippen molar-refractivity contribution in [3.8, 4) is 28.5 Å². The molecule has 1 heterocycles. The topological polar surface area (TPSA) is 91.0 Å². The van der Waals surface area contributed by atoms with Gasteiger partial charge in [0.05, 0.1) is 7.11 Å². The molecule has 0 saturated heterocycles. The van der Waals surface area contributed by atoms with E-state index in [4.69, 9.17) is 18.7 Å². The molecule has 0 bridgehead atoms. The van der Waals surface area contributed by atoms with Gasteiger partial charge in [-0.1, -0.05) is 12.1 Å². The van der Waals surface area contributed by atoms with Crippen LogP contribution in [0.1, 0.15) is 26.0 Å². The molecule has 0 aliphatic heterocycles. The van der Waals surface area contributed by atoms with E-state index in [1.165, 1.54) is 0 Å². The van der Waals surface area contributed by atoms with E-state index in [-0.39, 0.29) is 6.61 Å². The van der Waals surface area contributed by atoms with Gasteiger partial charge in [-0.25, -0.2) is 4.79 Å². The van der Waals surface area contributed by atoms with Gasteiger partial charge >= 0.3 is 5.97 Å². The molecular weight excluding hydrogens is 374 g/mol. The first-order valence-electron chi connectivity index (χ1n) is 9.19. The van der Waals surface area contributed by atoms with Gasteiger partial charge < -0.3 is 23.8 Å². The number of aromatic nitrogens is 1. The Bertz CT molecular complexity index is 948. The number of rotatable bonds is 9. The molecule has 1 unspecified atom stereocenters. The number of benzene rings is 2. The Hall–Kier alpha value is -3.48. The minimum absolute atomic E-state index is 0.213. The lowest BCUT2D eigenvalue weighted by Crippen LogP contribution is -2.40. The summed E-state index contributed by atoms with van der Waals surface area (Å²) in [6.07, 6.45) is 0.350. The molecule has 1 N–H and O–H groups in total. The standard InChI is InChI=1S/C22H23NO6/c1-4-22(2,21(24)25)28-18-11-9-17(10-12-18)27-14-19-13-20(23-29-19)15-5-7-16(26-3)8-6-15/h5-13H,4,14H2,1-3H3,(H,24,25). The molecule has 29 heavy (non-hydrogen) atoms. The molecule has 0 radical (unpaired) electrons. The summed E-state index contributed by atoms with van der Waals surface area (Å²) in [6, 6.07) is 16.1. The van der Waals surface area contributed by atoms with Crippen LogP contribution in [-0.4, -0.2) is 28.9 Å². The van der Waals surface area contributed by atoms with Crippen LogP contribution in [0.25, 0.3) is 11.3 Å². The Labute approximate surface area is 168 Å². The van der Waals surface area contributed by atoms with Gasteiger partial charge in [0.25, 0.3) is 0 Å². The highest BCUT2D eigenvalue weighted by atomic mass is 16.5. The summed E-state index contributed by atoms with van der Waals surface area (Å²) in [5, 5.41) is 13.4. The van der Waals surface area contributed by atoms with Crippen LogP contribution in [0.4, 0.5) is 0 Å². The van der Waals surface area contributed by atoms with Crippen molar-refractivity contribution < 1.29 is 28.6 Å². The Morgan fingerprint density at radius 3 is 2.28 bits per heavy atom. The normalized spacial score (nSPS) is 12.8. The second-order valence-electron chi connectivity index (χ2n) is 6.66. The van der Waals surface area contributed by atoms with Crippen molar-refractivity contribution >= 4 is 5.97 Å². The van der Waals surface area contributed by atoms with E-state index in [9.17, 15) is 9.90 Å². The van der Waals surface area contributed by atoms with Crippen molar-refractivity contribution in [1.29, 1.82) is 0 Å². The van der Waals surface area contributed by atoms with Crippen molar-refractivity contribution in [2.75, 3.05) is 7.11 Å². The zero-order chi connectivity index (χ0) is 20.9. The largest absolute Gasteiger partial charge is 0.497 e. The van der Waals surface area contributed by atoms with Gasteiger partial charge in [0.2, 0.25) is 5.60 Å². The van der Waals surface area contributed by atoms with E-state index in [1.54, 1.807) is 45.2 Å². The monoisotopic (exact) mass is 397 g/mol. The van der Waals surface area contributed by atoms with Crippen LogP contribution >= 0.6 is 0 Å². The second kappa shape index (κ2) is 8.68. The Morgan fingerprint density at radius 2 is 1.69 bits per heavy atom. The van der Waals surface area contributed by atoms with Crippen LogP contribution in [0.3, 0.4) is 0 Å². The summed E-state index contributed by atoms with van der Waals surface area (Å²) in [4.78, 5) is 11.3. The van der Waals surface area contributed by atoms with Crippen molar-refractivity contribution in [2.45, 2.75) is 32.5 Å². The van der Waals surface area contributed by atoms with E-state index in [0.717, 1.165) is 11.3 Å². The fourth-order valence-corrected chi connectivity index (χ4v) is 2.56. The molecule has 2 aromatic carbocycles. The lowest BCUT2D eigenvalue weighted by atomic mass is 10.0. The van der Waals surface area contributed by atoms with Gasteiger partial charge in [-0.05, 0) is 61.9 Å². The molecule has 152 valence electrons. The summed E-state index contributed by atoms with van der Waals surface area (Å²) in [7, 11) is 1.62. The molecule has 7 heteroatoms. The molecule has 7 nitrogen and oxygen atoms in total. The predicted molar refractivity (Wildman–Crippen MR) is 106 cm³/mol. The van der Waals surface area contributed by atoms with Crippen molar-refractivity contribution in [3.63, 3.8) is 0 Å². The Kier molecular flexibility index (Phi) is 6.07. The maximum atomic E-state index is 11.3. The third-order valence-electron chi connectivity index (χ3n) is 4.62. The summed E-state index contributed by atoms with van der Waals surface area (Å²) < 4.78 is 21.8. The van der Waals surface area contributed by atoms with Crippen LogP contribution in [0, 0.1) is 0 Å². The zero-order valence-corrected chi connectivity index (χ0v) is 16.5. The number of aliphatic carboxylic acids is 1. The number of carboxylic acid groups (broad SMARTS) is 1. The van der Waals surface area contributed by atoms with Crippen LogP contribution in [0.2, 0.25) is 0 Å². The van der Waals surface area contributed by atoms with Crippen molar-refractivity contribution in [2.24, 2.45) is 0 Å². The fraction of sp³-hybridized carbons (Fsp3) is 0.273. The molecule has 3 rings (SSSR count). The summed E-state index contributed by atoms with van der Waals surface area (Å²) in [5.74, 6) is 1.42. The van der Waals surface area contributed by atoms with E-state index in [0.29, 0.717) is 29.4 Å². The maximum absolute atomic E-state index is 11.3. The van der Waals surface area contributed by atoms with Gasteiger partial charge in [0.15, 0.2) is 5.76 Å². The first-order chi connectivity index (χ1) is 13.9. The van der Waals surface area contributed by atoms with Gasteiger partial charge in [0, 0.05) is 11.6 Å². The highest BCUT2D eigenvalue weighted by Gasteiger charge is 2.33. The molecule has 3 aromatic rings. The minimum Gasteiger partial charge on any atom is -0.497 e. The molecule has 0 amide bonds. The van der Waals surface area contributed by atoms with Gasteiger partial charge in [-0.15, -0.1) is 0 Å². The first kappa shape index (κ1) is 20.3. The third-order valence-corrected chi connectivity index (χ3v) is 4.62. The fourth-order valence-electron chi connectivity index (χ4n) is 2.56. The van der Waals surface area contributed by atoms with Gasteiger partial charge in [-0.2, -0.15) is 0 Å². The Balaban J connectivity index is 1.59. The quantitative estimate of drug-likeness (QED) is 0.566. The molecule has 1 atom stereocenters.